The van der Waals surface area contributed by atoms with E-state index in [0.717, 1.165) is 61.5 Å². The highest BCUT2D eigenvalue weighted by Gasteiger charge is 2.25. The summed E-state index contributed by atoms with van der Waals surface area (Å²) in [7, 11) is -1.59. The summed E-state index contributed by atoms with van der Waals surface area (Å²) in [4.78, 5) is 14.7. The van der Waals surface area contributed by atoms with Crippen molar-refractivity contribution in [2.24, 2.45) is 5.10 Å². The van der Waals surface area contributed by atoms with E-state index < -0.39 is 15.9 Å². The van der Waals surface area contributed by atoms with E-state index in [9.17, 15) is 13.2 Å². The van der Waals surface area contributed by atoms with Crippen molar-refractivity contribution < 1.29 is 13.2 Å². The molecule has 1 aliphatic carbocycles. The van der Waals surface area contributed by atoms with Gasteiger partial charge in [0.15, 0.2) is 0 Å². The number of rotatable bonds is 5. The summed E-state index contributed by atoms with van der Waals surface area (Å²) in [5.41, 5.74) is 6.48. The monoisotopic (exact) mass is 414 g/mol. The van der Waals surface area contributed by atoms with Gasteiger partial charge in [0.2, 0.25) is 10.0 Å². The van der Waals surface area contributed by atoms with E-state index in [1.165, 1.54) is 15.4 Å². The molecular formula is C21H26N4O3S. The molecule has 1 saturated heterocycles. The Morgan fingerprint density at radius 2 is 1.79 bits per heavy atom. The lowest BCUT2D eigenvalue weighted by Gasteiger charge is -2.24. The van der Waals surface area contributed by atoms with Crippen LogP contribution in [0.25, 0.3) is 10.8 Å². The van der Waals surface area contributed by atoms with Crippen molar-refractivity contribution >= 4 is 38.1 Å². The predicted octanol–water partition coefficient (Wildman–Crippen LogP) is 1.90. The normalized spacial score (nSPS) is 16.8. The van der Waals surface area contributed by atoms with E-state index >= 15 is 0 Å². The van der Waals surface area contributed by atoms with Crippen LogP contribution in [0.4, 0.5) is 5.69 Å². The number of benzene rings is 2. The fraction of sp³-hybridized carbons (Fsp3) is 0.429. The van der Waals surface area contributed by atoms with E-state index in [2.05, 4.69) is 28.5 Å². The van der Waals surface area contributed by atoms with Gasteiger partial charge in [-0.05, 0) is 42.5 Å². The van der Waals surface area contributed by atoms with Crippen LogP contribution in [-0.2, 0) is 27.7 Å². The Kier molecular flexibility index (Phi) is 5.31. The van der Waals surface area contributed by atoms with E-state index in [-0.39, 0.29) is 6.54 Å². The molecule has 1 aliphatic heterocycles. The molecule has 1 N–H and O–H groups in total. The molecule has 4 rings (SSSR count). The van der Waals surface area contributed by atoms with Gasteiger partial charge in [0, 0.05) is 37.0 Å². The number of nitrogens with zero attached hydrogens (tertiary/aromatic N) is 3. The molecule has 0 unspecified atom stereocenters. The number of piperidine rings is 1. The number of sulfonamides is 1. The van der Waals surface area contributed by atoms with Crippen LogP contribution in [0.5, 0.6) is 0 Å². The highest BCUT2D eigenvalue weighted by molar-refractivity contribution is 7.92. The molecule has 0 spiro atoms. The van der Waals surface area contributed by atoms with Crippen LogP contribution < -0.4 is 9.73 Å². The summed E-state index contributed by atoms with van der Waals surface area (Å²) in [6, 6.07) is 9.74. The first-order valence-corrected chi connectivity index (χ1v) is 11.7. The van der Waals surface area contributed by atoms with Gasteiger partial charge in [0.25, 0.3) is 5.91 Å². The second-order valence-corrected chi connectivity index (χ2v) is 9.78. The average molecular weight is 415 g/mol. The van der Waals surface area contributed by atoms with Crippen molar-refractivity contribution in [2.45, 2.75) is 25.7 Å². The van der Waals surface area contributed by atoms with Crippen molar-refractivity contribution in [3.63, 3.8) is 0 Å². The molecule has 1 amide bonds. The maximum atomic E-state index is 12.5. The maximum absolute atomic E-state index is 12.5. The first-order valence-electron chi connectivity index (χ1n) is 9.87. The number of likely N-dealkylation sites (tertiary alicyclic amines) is 1. The summed E-state index contributed by atoms with van der Waals surface area (Å²) in [6.07, 6.45) is 4.67. The third-order valence-corrected chi connectivity index (χ3v) is 6.84. The lowest BCUT2D eigenvalue weighted by Crippen LogP contribution is -2.39. The fourth-order valence-corrected chi connectivity index (χ4v) is 4.99. The van der Waals surface area contributed by atoms with E-state index in [1.54, 1.807) is 0 Å². The standard InChI is InChI=1S/C21H26N4O3S/c1-24-12-10-17(11-13-24)22-23-20(26)14-25(29(2,27)28)19-9-8-16-7-6-15-4-3-5-18(19)21(15)16/h3-5,8-9H,6-7,10-14H2,1-2H3,(H,23,26). The van der Waals surface area contributed by atoms with Crippen LogP contribution in [0, 0.1) is 0 Å². The molecule has 0 bridgehead atoms. The molecule has 2 aliphatic rings. The topological polar surface area (TPSA) is 82.1 Å². The van der Waals surface area contributed by atoms with Crippen LogP contribution in [-0.4, -0.2) is 57.9 Å². The smallest absolute Gasteiger partial charge is 0.260 e. The van der Waals surface area contributed by atoms with Crippen LogP contribution in [0.3, 0.4) is 0 Å². The van der Waals surface area contributed by atoms with E-state index in [1.807, 2.05) is 24.3 Å². The molecule has 1 heterocycles. The van der Waals surface area contributed by atoms with Crippen LogP contribution in [0.15, 0.2) is 35.4 Å². The average Bonchev–Trinajstić information content (AvgIpc) is 3.11. The number of carbonyl (C=O) groups excluding carboxylic acids is 1. The summed E-state index contributed by atoms with van der Waals surface area (Å²) >= 11 is 0. The number of carbonyl (C=O) groups is 1. The molecule has 1 fully saturated rings. The van der Waals surface area contributed by atoms with E-state index in [0.29, 0.717) is 5.69 Å². The van der Waals surface area contributed by atoms with Gasteiger partial charge in [-0.3, -0.25) is 9.10 Å². The number of amides is 1. The van der Waals surface area contributed by atoms with Gasteiger partial charge in [0.05, 0.1) is 11.9 Å². The Balaban J connectivity index is 1.59. The molecule has 29 heavy (non-hydrogen) atoms. The van der Waals surface area contributed by atoms with Crippen LogP contribution >= 0.6 is 0 Å². The molecule has 8 heteroatoms. The summed E-state index contributed by atoms with van der Waals surface area (Å²) in [5.74, 6) is -0.440. The van der Waals surface area contributed by atoms with E-state index in [4.69, 9.17) is 0 Å². The molecule has 0 aromatic heterocycles. The van der Waals surface area contributed by atoms with Gasteiger partial charge in [-0.25, -0.2) is 13.8 Å². The van der Waals surface area contributed by atoms with Gasteiger partial charge in [-0.15, -0.1) is 0 Å². The molecular weight excluding hydrogens is 388 g/mol. The SMILES string of the molecule is CN1CCC(=NNC(=O)CN(c2ccc3c4c(cccc24)CC3)S(C)(=O)=O)CC1. The molecule has 0 atom stereocenters. The molecule has 7 nitrogen and oxygen atoms in total. The van der Waals surface area contributed by atoms with Crippen LogP contribution in [0.1, 0.15) is 24.0 Å². The zero-order valence-corrected chi connectivity index (χ0v) is 17.6. The fourth-order valence-electron chi connectivity index (χ4n) is 4.13. The minimum atomic E-state index is -3.64. The second-order valence-electron chi connectivity index (χ2n) is 7.87. The van der Waals surface area contributed by atoms with Gasteiger partial charge >= 0.3 is 0 Å². The Bertz CT molecular complexity index is 1070. The Labute approximate surface area is 171 Å². The van der Waals surface area contributed by atoms with Crippen molar-refractivity contribution in [3.05, 3.63) is 41.5 Å². The molecule has 2 aromatic rings. The highest BCUT2D eigenvalue weighted by atomic mass is 32.2. The highest BCUT2D eigenvalue weighted by Crippen LogP contribution is 2.37. The quantitative estimate of drug-likeness (QED) is 0.758. The maximum Gasteiger partial charge on any atom is 0.260 e. The number of anilines is 1. The largest absolute Gasteiger partial charge is 0.306 e. The van der Waals surface area contributed by atoms with Crippen molar-refractivity contribution in [1.29, 1.82) is 0 Å². The van der Waals surface area contributed by atoms with Crippen molar-refractivity contribution in [3.8, 4) is 0 Å². The summed E-state index contributed by atoms with van der Waals surface area (Å²) in [6.45, 7) is 1.52. The van der Waals surface area contributed by atoms with Gasteiger partial charge < -0.3 is 4.90 Å². The van der Waals surface area contributed by atoms with Gasteiger partial charge in [-0.2, -0.15) is 5.10 Å². The van der Waals surface area contributed by atoms with Crippen molar-refractivity contribution in [1.82, 2.24) is 10.3 Å². The number of hydrogen-bond acceptors (Lipinski definition) is 5. The summed E-state index contributed by atoms with van der Waals surface area (Å²) < 4.78 is 26.3. The molecule has 2 aromatic carbocycles. The number of hydrogen-bond donors (Lipinski definition) is 1. The predicted molar refractivity (Wildman–Crippen MR) is 116 cm³/mol. The first-order chi connectivity index (χ1) is 13.8. The number of hydrazone groups is 1. The zero-order valence-electron chi connectivity index (χ0n) is 16.8. The first kappa shape index (κ1) is 19.8. The minimum Gasteiger partial charge on any atom is -0.306 e. The Morgan fingerprint density at radius 1 is 1.10 bits per heavy atom. The third-order valence-electron chi connectivity index (χ3n) is 5.71. The lowest BCUT2D eigenvalue weighted by atomic mass is 10.0. The summed E-state index contributed by atoms with van der Waals surface area (Å²) in [5, 5.41) is 6.20. The molecule has 154 valence electrons. The zero-order chi connectivity index (χ0) is 20.6. The number of aryl methyl sites for hydroxylation is 2. The van der Waals surface area contributed by atoms with Crippen molar-refractivity contribution in [2.75, 3.05) is 37.2 Å². The van der Waals surface area contributed by atoms with Gasteiger partial charge in [-0.1, -0.05) is 24.3 Å². The lowest BCUT2D eigenvalue weighted by molar-refractivity contribution is -0.119. The van der Waals surface area contributed by atoms with Gasteiger partial charge in [0.1, 0.15) is 6.54 Å². The Morgan fingerprint density at radius 3 is 2.48 bits per heavy atom. The third kappa shape index (κ3) is 4.13. The molecule has 0 radical (unpaired) electrons. The Hall–Kier alpha value is -2.45. The number of nitrogens with one attached hydrogen (secondary N) is 1. The molecule has 0 saturated carbocycles. The minimum absolute atomic E-state index is 0.297. The van der Waals surface area contributed by atoms with Crippen LogP contribution in [0.2, 0.25) is 0 Å². The second kappa shape index (κ2) is 7.76.